The maximum atomic E-state index is 6.38. The van der Waals surface area contributed by atoms with E-state index >= 15 is 0 Å². The van der Waals surface area contributed by atoms with Crippen molar-refractivity contribution >= 4 is 34.4 Å². The third kappa shape index (κ3) is 2.20. The summed E-state index contributed by atoms with van der Waals surface area (Å²) in [4.78, 5) is 9.42. The van der Waals surface area contributed by atoms with Crippen LogP contribution in [0.15, 0.2) is 30.5 Å². The van der Waals surface area contributed by atoms with Crippen molar-refractivity contribution in [3.05, 3.63) is 46.3 Å². The molecule has 2 aromatic heterocycles. The predicted molar refractivity (Wildman–Crippen MR) is 90.6 cm³/mol. The Morgan fingerprint density at radius 1 is 1.18 bits per heavy atom. The van der Waals surface area contributed by atoms with Gasteiger partial charge < -0.3 is 4.57 Å². The number of imidazole rings is 1. The molecule has 22 heavy (non-hydrogen) atoms. The summed E-state index contributed by atoms with van der Waals surface area (Å²) in [5.41, 5.74) is 3.85. The van der Waals surface area contributed by atoms with Crippen LogP contribution in [0.1, 0.15) is 31.6 Å². The van der Waals surface area contributed by atoms with Crippen LogP contribution in [0, 0.1) is 0 Å². The van der Waals surface area contributed by atoms with E-state index < -0.39 is 0 Å². The predicted octanol–water partition coefficient (Wildman–Crippen LogP) is 5.30. The normalized spacial score (nSPS) is 14.7. The van der Waals surface area contributed by atoms with E-state index in [0.717, 1.165) is 34.5 Å². The van der Waals surface area contributed by atoms with Crippen molar-refractivity contribution in [3.63, 3.8) is 0 Å². The molecule has 0 unspecified atom stereocenters. The fraction of sp³-hybridized carbons (Fsp3) is 0.294. The molecule has 0 bridgehead atoms. The van der Waals surface area contributed by atoms with Crippen LogP contribution in [0.25, 0.3) is 22.3 Å². The first-order valence-electron chi connectivity index (χ1n) is 7.50. The standard InChI is InChI=1S/C17H15Cl2N3/c1-2-15-21-16-13(12-6-3-10(18)9-14(12)19)7-8-20-17(16)22(15)11-4-5-11/h3,6-9,11H,2,4-5H2,1H3. The Balaban J connectivity index is 1.99. The van der Waals surface area contributed by atoms with Gasteiger partial charge in [0.1, 0.15) is 11.3 Å². The number of aromatic nitrogens is 3. The molecule has 1 saturated carbocycles. The third-order valence-corrected chi connectivity index (χ3v) is 4.65. The maximum Gasteiger partial charge on any atom is 0.160 e. The number of fused-ring (bicyclic) bond motifs is 1. The van der Waals surface area contributed by atoms with Crippen LogP contribution in [0.5, 0.6) is 0 Å². The summed E-state index contributed by atoms with van der Waals surface area (Å²) in [6.07, 6.45) is 5.17. The van der Waals surface area contributed by atoms with Gasteiger partial charge in [-0.25, -0.2) is 9.97 Å². The van der Waals surface area contributed by atoms with Gasteiger partial charge in [-0.3, -0.25) is 0 Å². The zero-order valence-electron chi connectivity index (χ0n) is 12.2. The quantitative estimate of drug-likeness (QED) is 0.651. The van der Waals surface area contributed by atoms with E-state index in [-0.39, 0.29) is 0 Å². The number of hydrogen-bond donors (Lipinski definition) is 0. The summed E-state index contributed by atoms with van der Waals surface area (Å²) in [7, 11) is 0. The van der Waals surface area contributed by atoms with E-state index in [1.165, 1.54) is 12.8 Å². The third-order valence-electron chi connectivity index (χ3n) is 4.10. The molecule has 0 N–H and O–H groups in total. The van der Waals surface area contributed by atoms with Crippen LogP contribution in [0.2, 0.25) is 10.0 Å². The van der Waals surface area contributed by atoms with E-state index in [4.69, 9.17) is 28.2 Å². The highest BCUT2D eigenvalue weighted by atomic mass is 35.5. The van der Waals surface area contributed by atoms with Crippen LogP contribution in [0.3, 0.4) is 0 Å². The summed E-state index contributed by atoms with van der Waals surface area (Å²) in [6, 6.07) is 8.10. The molecule has 1 aliphatic carbocycles. The number of rotatable bonds is 3. The lowest BCUT2D eigenvalue weighted by Crippen LogP contribution is -2.00. The number of hydrogen-bond acceptors (Lipinski definition) is 2. The fourth-order valence-electron chi connectivity index (χ4n) is 2.93. The Hall–Kier alpha value is -1.58. The Labute approximate surface area is 138 Å². The van der Waals surface area contributed by atoms with Crippen LogP contribution in [-0.4, -0.2) is 14.5 Å². The average Bonchev–Trinajstić information content (AvgIpc) is 3.27. The van der Waals surface area contributed by atoms with Crippen molar-refractivity contribution in [2.45, 2.75) is 32.2 Å². The van der Waals surface area contributed by atoms with Gasteiger partial charge in [0.05, 0.1) is 0 Å². The lowest BCUT2D eigenvalue weighted by molar-refractivity contribution is 0.702. The molecular formula is C17H15Cl2N3. The molecule has 5 heteroatoms. The molecule has 2 heterocycles. The molecule has 0 saturated heterocycles. The largest absolute Gasteiger partial charge is 0.310 e. The minimum absolute atomic E-state index is 0.559. The highest BCUT2D eigenvalue weighted by molar-refractivity contribution is 6.36. The lowest BCUT2D eigenvalue weighted by atomic mass is 10.1. The van der Waals surface area contributed by atoms with Gasteiger partial charge in [-0.1, -0.05) is 36.2 Å². The van der Waals surface area contributed by atoms with Gasteiger partial charge in [-0.05, 0) is 31.0 Å². The smallest absolute Gasteiger partial charge is 0.160 e. The van der Waals surface area contributed by atoms with E-state index in [2.05, 4.69) is 16.5 Å². The maximum absolute atomic E-state index is 6.38. The molecular weight excluding hydrogens is 317 g/mol. The summed E-state index contributed by atoms with van der Waals surface area (Å²) < 4.78 is 2.29. The zero-order valence-corrected chi connectivity index (χ0v) is 13.7. The molecule has 0 spiro atoms. The van der Waals surface area contributed by atoms with Gasteiger partial charge in [0.15, 0.2) is 5.65 Å². The van der Waals surface area contributed by atoms with Crippen molar-refractivity contribution in [1.82, 2.24) is 14.5 Å². The molecule has 0 aliphatic heterocycles. The average molecular weight is 332 g/mol. The highest BCUT2D eigenvalue weighted by Gasteiger charge is 2.29. The second-order valence-corrected chi connectivity index (χ2v) is 6.48. The SMILES string of the molecule is CCc1nc2c(-c3ccc(Cl)cc3Cl)ccnc2n1C1CC1. The Kier molecular flexibility index (Phi) is 3.35. The molecule has 0 atom stereocenters. The minimum atomic E-state index is 0.559. The second kappa shape index (κ2) is 5.25. The molecule has 1 aromatic carbocycles. The first kappa shape index (κ1) is 14.0. The van der Waals surface area contributed by atoms with E-state index in [9.17, 15) is 0 Å². The summed E-state index contributed by atoms with van der Waals surface area (Å²) >= 11 is 12.4. The highest BCUT2D eigenvalue weighted by Crippen LogP contribution is 2.40. The zero-order chi connectivity index (χ0) is 15.3. The Bertz CT molecular complexity index is 866. The summed E-state index contributed by atoms with van der Waals surface area (Å²) in [5, 5.41) is 1.27. The summed E-state index contributed by atoms with van der Waals surface area (Å²) in [6.45, 7) is 2.13. The van der Waals surface area contributed by atoms with Crippen molar-refractivity contribution in [3.8, 4) is 11.1 Å². The first-order chi connectivity index (χ1) is 10.7. The van der Waals surface area contributed by atoms with E-state index in [0.29, 0.717) is 16.1 Å². The Morgan fingerprint density at radius 3 is 2.68 bits per heavy atom. The summed E-state index contributed by atoms with van der Waals surface area (Å²) in [5.74, 6) is 1.10. The molecule has 1 aliphatic rings. The number of halogens is 2. The number of pyridine rings is 1. The topological polar surface area (TPSA) is 30.7 Å². The Morgan fingerprint density at radius 2 is 2.00 bits per heavy atom. The molecule has 3 nitrogen and oxygen atoms in total. The van der Waals surface area contributed by atoms with Crippen LogP contribution < -0.4 is 0 Å². The van der Waals surface area contributed by atoms with Gasteiger partial charge in [-0.15, -0.1) is 0 Å². The van der Waals surface area contributed by atoms with Crippen molar-refractivity contribution < 1.29 is 0 Å². The minimum Gasteiger partial charge on any atom is -0.310 e. The molecule has 4 rings (SSSR count). The van der Waals surface area contributed by atoms with Gasteiger partial charge >= 0.3 is 0 Å². The van der Waals surface area contributed by atoms with Crippen LogP contribution >= 0.6 is 23.2 Å². The van der Waals surface area contributed by atoms with E-state index in [1.807, 2.05) is 24.4 Å². The fourth-order valence-corrected chi connectivity index (χ4v) is 3.44. The van der Waals surface area contributed by atoms with Crippen LogP contribution in [0.4, 0.5) is 0 Å². The monoisotopic (exact) mass is 331 g/mol. The molecule has 0 radical (unpaired) electrons. The van der Waals surface area contributed by atoms with Crippen molar-refractivity contribution in [2.75, 3.05) is 0 Å². The first-order valence-corrected chi connectivity index (χ1v) is 8.26. The number of benzene rings is 1. The van der Waals surface area contributed by atoms with Gasteiger partial charge in [0, 0.05) is 39.8 Å². The molecule has 0 amide bonds. The van der Waals surface area contributed by atoms with Crippen LogP contribution in [-0.2, 0) is 6.42 Å². The van der Waals surface area contributed by atoms with Gasteiger partial charge in [0.2, 0.25) is 0 Å². The van der Waals surface area contributed by atoms with E-state index in [1.54, 1.807) is 6.07 Å². The van der Waals surface area contributed by atoms with Crippen molar-refractivity contribution in [2.24, 2.45) is 0 Å². The van der Waals surface area contributed by atoms with Crippen molar-refractivity contribution in [1.29, 1.82) is 0 Å². The molecule has 112 valence electrons. The number of nitrogens with zero attached hydrogens (tertiary/aromatic N) is 3. The molecule has 3 aromatic rings. The number of aryl methyl sites for hydroxylation is 1. The lowest BCUT2D eigenvalue weighted by Gasteiger charge is -2.07. The second-order valence-electron chi connectivity index (χ2n) is 5.64. The molecule has 1 fully saturated rings. The van der Waals surface area contributed by atoms with Gasteiger partial charge in [0.25, 0.3) is 0 Å². The van der Waals surface area contributed by atoms with Gasteiger partial charge in [-0.2, -0.15) is 0 Å².